The van der Waals surface area contributed by atoms with Crippen molar-refractivity contribution in [2.24, 2.45) is 0 Å². The first-order chi connectivity index (χ1) is 5.45. The molecule has 1 unspecified atom stereocenters. The molecule has 0 aliphatic carbocycles. The van der Waals surface area contributed by atoms with E-state index >= 15 is 0 Å². The van der Waals surface area contributed by atoms with Crippen molar-refractivity contribution in [2.45, 2.75) is 12.5 Å². The van der Waals surface area contributed by atoms with E-state index in [4.69, 9.17) is 4.74 Å². The summed E-state index contributed by atoms with van der Waals surface area (Å²) < 4.78 is 5.58. The zero-order valence-electron chi connectivity index (χ0n) is 6.88. The largest absolute Gasteiger partial charge is 0.374 e. The average molecular weight is 156 g/mol. The second-order valence-electron chi connectivity index (χ2n) is 3.35. The molecule has 0 aromatic heterocycles. The van der Waals surface area contributed by atoms with Gasteiger partial charge in [0.1, 0.15) is 0 Å². The summed E-state index contributed by atoms with van der Waals surface area (Å²) in [5, 5.41) is 3.34. The Labute approximate surface area is 67.7 Å². The van der Waals surface area contributed by atoms with Gasteiger partial charge in [-0.3, -0.25) is 0 Å². The molecule has 2 heterocycles. The molecule has 0 aromatic rings. The minimum Gasteiger partial charge on any atom is -0.374 e. The van der Waals surface area contributed by atoms with E-state index in [1.807, 2.05) is 0 Å². The van der Waals surface area contributed by atoms with Gasteiger partial charge in [0.2, 0.25) is 0 Å². The maximum atomic E-state index is 5.58. The van der Waals surface area contributed by atoms with Gasteiger partial charge < -0.3 is 15.0 Å². The van der Waals surface area contributed by atoms with Gasteiger partial charge in [0.25, 0.3) is 0 Å². The molecule has 0 bridgehead atoms. The Morgan fingerprint density at radius 2 is 2.36 bits per heavy atom. The molecule has 2 saturated heterocycles. The first-order valence-corrected chi connectivity index (χ1v) is 4.50. The average Bonchev–Trinajstić information content (AvgIpc) is 1.99. The second-order valence-corrected chi connectivity index (χ2v) is 3.35. The van der Waals surface area contributed by atoms with Crippen LogP contribution in [0.15, 0.2) is 0 Å². The smallest absolute Gasteiger partial charge is 0.0826 e. The van der Waals surface area contributed by atoms with Crippen LogP contribution in [-0.2, 0) is 4.74 Å². The summed E-state index contributed by atoms with van der Waals surface area (Å²) in [5.74, 6) is 0. The van der Waals surface area contributed by atoms with E-state index in [1.54, 1.807) is 0 Å². The lowest BCUT2D eigenvalue weighted by molar-refractivity contribution is -0.00630. The van der Waals surface area contributed by atoms with E-state index in [1.165, 1.54) is 19.5 Å². The molecule has 1 atom stereocenters. The number of hydrogen-bond donors (Lipinski definition) is 1. The zero-order chi connectivity index (χ0) is 7.52. The van der Waals surface area contributed by atoms with Crippen molar-refractivity contribution >= 4 is 0 Å². The number of ether oxygens (including phenoxy) is 1. The van der Waals surface area contributed by atoms with E-state index in [0.717, 1.165) is 26.2 Å². The molecule has 2 fully saturated rings. The third-order valence-electron chi connectivity index (χ3n) is 2.41. The van der Waals surface area contributed by atoms with Gasteiger partial charge in [-0.15, -0.1) is 0 Å². The van der Waals surface area contributed by atoms with Gasteiger partial charge in [0, 0.05) is 19.6 Å². The Kier molecular flexibility index (Phi) is 2.41. The van der Waals surface area contributed by atoms with Crippen LogP contribution in [0, 0.1) is 0 Å². The Hall–Kier alpha value is -0.120. The van der Waals surface area contributed by atoms with E-state index in [-0.39, 0.29) is 0 Å². The fourth-order valence-corrected chi connectivity index (χ4v) is 1.59. The summed E-state index contributed by atoms with van der Waals surface area (Å²) in [6, 6.07) is 0. The summed E-state index contributed by atoms with van der Waals surface area (Å²) >= 11 is 0. The highest BCUT2D eigenvalue weighted by Crippen LogP contribution is 2.08. The molecular weight excluding hydrogens is 140 g/mol. The standard InChI is InChI=1S/C8H16N2O/c1-3-10(4-1)7-8-6-9-2-5-11-8/h8-9H,1-7H2. The SMILES string of the molecule is C1CN(CC2CNCCO2)C1. The van der Waals surface area contributed by atoms with E-state index in [2.05, 4.69) is 10.2 Å². The molecule has 64 valence electrons. The lowest BCUT2D eigenvalue weighted by atomic mass is 10.2. The predicted molar refractivity (Wildman–Crippen MR) is 43.7 cm³/mol. The van der Waals surface area contributed by atoms with Crippen LogP contribution in [0.2, 0.25) is 0 Å². The third-order valence-corrected chi connectivity index (χ3v) is 2.41. The minimum absolute atomic E-state index is 0.448. The van der Waals surface area contributed by atoms with Crippen LogP contribution >= 0.6 is 0 Å². The number of rotatable bonds is 2. The normalized spacial score (nSPS) is 33.3. The molecule has 2 rings (SSSR count). The van der Waals surface area contributed by atoms with Gasteiger partial charge in [-0.25, -0.2) is 0 Å². The molecule has 0 aromatic carbocycles. The van der Waals surface area contributed by atoms with Crippen LogP contribution in [0.25, 0.3) is 0 Å². The van der Waals surface area contributed by atoms with Crippen LogP contribution < -0.4 is 5.32 Å². The van der Waals surface area contributed by atoms with E-state index in [0.29, 0.717) is 6.10 Å². The summed E-state index contributed by atoms with van der Waals surface area (Å²) in [6.07, 6.45) is 1.82. The summed E-state index contributed by atoms with van der Waals surface area (Å²) in [5.41, 5.74) is 0. The van der Waals surface area contributed by atoms with Crippen LogP contribution in [0.3, 0.4) is 0 Å². The molecule has 11 heavy (non-hydrogen) atoms. The molecule has 2 aliphatic rings. The quantitative estimate of drug-likeness (QED) is 0.593. The molecule has 1 N–H and O–H groups in total. The van der Waals surface area contributed by atoms with Gasteiger partial charge in [-0.05, 0) is 19.5 Å². The molecule has 0 saturated carbocycles. The number of hydrogen-bond acceptors (Lipinski definition) is 3. The zero-order valence-corrected chi connectivity index (χ0v) is 6.88. The van der Waals surface area contributed by atoms with Crippen LogP contribution in [0.5, 0.6) is 0 Å². The van der Waals surface area contributed by atoms with Gasteiger partial charge >= 0.3 is 0 Å². The Morgan fingerprint density at radius 3 is 2.91 bits per heavy atom. The second kappa shape index (κ2) is 3.52. The fourth-order valence-electron chi connectivity index (χ4n) is 1.59. The third kappa shape index (κ3) is 1.92. The number of morpholine rings is 1. The van der Waals surface area contributed by atoms with E-state index in [9.17, 15) is 0 Å². The minimum atomic E-state index is 0.448. The lowest BCUT2D eigenvalue weighted by Gasteiger charge is -2.35. The molecule has 0 amide bonds. The number of nitrogens with one attached hydrogen (secondary N) is 1. The van der Waals surface area contributed by atoms with Crippen LogP contribution in [0.1, 0.15) is 6.42 Å². The fraction of sp³-hybridized carbons (Fsp3) is 1.00. The Bertz CT molecular complexity index is 119. The van der Waals surface area contributed by atoms with Crippen LogP contribution in [-0.4, -0.2) is 50.3 Å². The highest BCUT2D eigenvalue weighted by atomic mass is 16.5. The Morgan fingerprint density at radius 1 is 1.45 bits per heavy atom. The molecular formula is C8H16N2O. The van der Waals surface area contributed by atoms with Gasteiger partial charge in [-0.1, -0.05) is 0 Å². The molecule has 2 aliphatic heterocycles. The molecule has 0 spiro atoms. The maximum absolute atomic E-state index is 5.58. The monoisotopic (exact) mass is 156 g/mol. The summed E-state index contributed by atoms with van der Waals surface area (Å²) in [4.78, 5) is 2.46. The van der Waals surface area contributed by atoms with Crippen LogP contribution in [0.4, 0.5) is 0 Å². The van der Waals surface area contributed by atoms with Gasteiger partial charge in [0.05, 0.1) is 12.7 Å². The number of likely N-dealkylation sites (tertiary alicyclic amines) is 1. The first kappa shape index (κ1) is 7.53. The van der Waals surface area contributed by atoms with Gasteiger partial charge in [-0.2, -0.15) is 0 Å². The van der Waals surface area contributed by atoms with Crippen molar-refractivity contribution in [2.75, 3.05) is 39.3 Å². The van der Waals surface area contributed by atoms with Gasteiger partial charge in [0.15, 0.2) is 0 Å². The lowest BCUT2D eigenvalue weighted by Crippen LogP contribution is -2.49. The van der Waals surface area contributed by atoms with Crippen molar-refractivity contribution in [3.8, 4) is 0 Å². The predicted octanol–water partition coefficient (Wildman–Crippen LogP) is -0.319. The molecule has 0 radical (unpaired) electrons. The van der Waals surface area contributed by atoms with Crippen molar-refractivity contribution in [3.05, 3.63) is 0 Å². The molecule has 3 nitrogen and oxygen atoms in total. The van der Waals surface area contributed by atoms with Crippen molar-refractivity contribution in [3.63, 3.8) is 0 Å². The molecule has 3 heteroatoms. The number of nitrogens with zero attached hydrogens (tertiary/aromatic N) is 1. The van der Waals surface area contributed by atoms with Crippen molar-refractivity contribution in [1.82, 2.24) is 10.2 Å². The topological polar surface area (TPSA) is 24.5 Å². The Balaban J connectivity index is 1.67. The van der Waals surface area contributed by atoms with E-state index < -0.39 is 0 Å². The van der Waals surface area contributed by atoms with Crippen molar-refractivity contribution < 1.29 is 4.74 Å². The highest BCUT2D eigenvalue weighted by molar-refractivity contribution is 4.76. The highest BCUT2D eigenvalue weighted by Gasteiger charge is 2.20. The maximum Gasteiger partial charge on any atom is 0.0826 e. The summed E-state index contributed by atoms with van der Waals surface area (Å²) in [7, 11) is 0. The summed E-state index contributed by atoms with van der Waals surface area (Å²) in [6.45, 7) is 6.64. The van der Waals surface area contributed by atoms with Crippen molar-refractivity contribution in [1.29, 1.82) is 0 Å². The first-order valence-electron chi connectivity index (χ1n) is 4.50.